The van der Waals surface area contributed by atoms with Gasteiger partial charge in [0.05, 0.1) is 6.10 Å². The van der Waals surface area contributed by atoms with E-state index in [0.29, 0.717) is 19.7 Å². The Morgan fingerprint density at radius 2 is 2.17 bits per heavy atom. The zero-order chi connectivity index (χ0) is 16.7. The van der Waals surface area contributed by atoms with E-state index in [2.05, 4.69) is 17.2 Å². The number of amides is 2. The minimum absolute atomic E-state index is 0.0704. The number of ether oxygens (including phenoxy) is 1. The highest BCUT2D eigenvalue weighted by atomic mass is 16.5. The first kappa shape index (κ1) is 17.2. The van der Waals surface area contributed by atoms with Crippen LogP contribution in [0, 0.1) is 0 Å². The van der Waals surface area contributed by atoms with Gasteiger partial charge in [0.15, 0.2) is 0 Å². The molecule has 0 aliphatic rings. The zero-order valence-electron chi connectivity index (χ0n) is 14.1. The fraction of sp³-hybridized carbons (Fsp3) is 0.444. The molecule has 2 aromatic rings. The standard InChI is InChI=1S/C18H25N3O2/c1-4-16(23-5-2)12-20-18(22)21(3)13-15-8-6-7-14-11-19-10-9-17(14)15/h6-11,16H,4-5,12-13H2,1-3H3,(H,20,22). The second-order valence-corrected chi connectivity index (χ2v) is 5.54. The lowest BCUT2D eigenvalue weighted by Crippen LogP contribution is -2.41. The largest absolute Gasteiger partial charge is 0.377 e. The Labute approximate surface area is 137 Å². The van der Waals surface area contributed by atoms with Gasteiger partial charge in [0, 0.05) is 44.5 Å². The first-order valence-corrected chi connectivity index (χ1v) is 8.07. The third-order valence-electron chi connectivity index (χ3n) is 3.86. The Balaban J connectivity index is 1.97. The summed E-state index contributed by atoms with van der Waals surface area (Å²) in [6.07, 6.45) is 4.57. The van der Waals surface area contributed by atoms with E-state index < -0.39 is 0 Å². The molecular formula is C18H25N3O2. The van der Waals surface area contributed by atoms with Crippen molar-refractivity contribution >= 4 is 16.8 Å². The van der Waals surface area contributed by atoms with Crippen LogP contribution < -0.4 is 5.32 Å². The molecule has 0 saturated heterocycles. The van der Waals surface area contributed by atoms with Crippen LogP contribution in [0.4, 0.5) is 4.79 Å². The molecule has 1 unspecified atom stereocenters. The number of benzene rings is 1. The predicted molar refractivity (Wildman–Crippen MR) is 92.3 cm³/mol. The van der Waals surface area contributed by atoms with Gasteiger partial charge in [-0.2, -0.15) is 0 Å². The minimum Gasteiger partial charge on any atom is -0.377 e. The van der Waals surface area contributed by atoms with Crippen LogP contribution in [0.2, 0.25) is 0 Å². The lowest BCUT2D eigenvalue weighted by Gasteiger charge is -2.21. The first-order chi connectivity index (χ1) is 11.2. The molecule has 2 amide bonds. The molecule has 5 nitrogen and oxygen atoms in total. The predicted octanol–water partition coefficient (Wildman–Crippen LogP) is 3.19. The summed E-state index contributed by atoms with van der Waals surface area (Å²) >= 11 is 0. The number of nitrogens with zero attached hydrogens (tertiary/aromatic N) is 2. The van der Waals surface area contributed by atoms with Crippen LogP contribution >= 0.6 is 0 Å². The van der Waals surface area contributed by atoms with Gasteiger partial charge < -0.3 is 15.0 Å². The van der Waals surface area contributed by atoms with E-state index in [-0.39, 0.29) is 12.1 Å². The van der Waals surface area contributed by atoms with Crippen LogP contribution in [0.3, 0.4) is 0 Å². The summed E-state index contributed by atoms with van der Waals surface area (Å²) in [6.45, 7) is 5.77. The summed E-state index contributed by atoms with van der Waals surface area (Å²) in [5.74, 6) is 0. The fourth-order valence-electron chi connectivity index (χ4n) is 2.55. The fourth-order valence-corrected chi connectivity index (χ4v) is 2.55. The molecule has 1 N–H and O–H groups in total. The van der Waals surface area contributed by atoms with Crippen molar-refractivity contribution in [2.24, 2.45) is 0 Å². The van der Waals surface area contributed by atoms with Gasteiger partial charge in [-0.05, 0) is 30.4 Å². The molecule has 1 heterocycles. The van der Waals surface area contributed by atoms with Crippen LogP contribution in [0.15, 0.2) is 36.7 Å². The van der Waals surface area contributed by atoms with Gasteiger partial charge in [0.1, 0.15) is 0 Å². The van der Waals surface area contributed by atoms with Gasteiger partial charge in [-0.15, -0.1) is 0 Å². The van der Waals surface area contributed by atoms with Crippen molar-refractivity contribution in [3.8, 4) is 0 Å². The van der Waals surface area contributed by atoms with Crippen LogP contribution in [0.25, 0.3) is 10.8 Å². The van der Waals surface area contributed by atoms with E-state index in [4.69, 9.17) is 4.74 Å². The van der Waals surface area contributed by atoms with E-state index in [0.717, 1.165) is 22.8 Å². The van der Waals surface area contributed by atoms with Crippen molar-refractivity contribution in [2.75, 3.05) is 20.2 Å². The van der Waals surface area contributed by atoms with Crippen molar-refractivity contribution < 1.29 is 9.53 Å². The molecule has 1 aromatic carbocycles. The Bertz CT molecular complexity index is 640. The monoisotopic (exact) mass is 315 g/mol. The summed E-state index contributed by atoms with van der Waals surface area (Å²) < 4.78 is 5.56. The molecule has 0 radical (unpaired) electrons. The number of rotatable bonds is 7. The van der Waals surface area contributed by atoms with E-state index in [1.807, 2.05) is 37.4 Å². The van der Waals surface area contributed by atoms with Gasteiger partial charge in [-0.1, -0.05) is 25.1 Å². The van der Waals surface area contributed by atoms with Gasteiger partial charge >= 0.3 is 6.03 Å². The number of urea groups is 1. The third kappa shape index (κ3) is 4.66. The van der Waals surface area contributed by atoms with Gasteiger partial charge in [-0.3, -0.25) is 4.98 Å². The maximum absolute atomic E-state index is 12.3. The van der Waals surface area contributed by atoms with Crippen molar-refractivity contribution in [3.05, 3.63) is 42.2 Å². The summed E-state index contributed by atoms with van der Waals surface area (Å²) in [6, 6.07) is 7.96. The maximum atomic E-state index is 12.3. The summed E-state index contributed by atoms with van der Waals surface area (Å²) in [4.78, 5) is 18.1. The number of carbonyl (C=O) groups is 1. The quantitative estimate of drug-likeness (QED) is 0.853. The highest BCUT2D eigenvalue weighted by Gasteiger charge is 2.13. The molecule has 0 fully saturated rings. The highest BCUT2D eigenvalue weighted by Crippen LogP contribution is 2.18. The number of carbonyl (C=O) groups excluding carboxylic acids is 1. The molecule has 2 rings (SSSR count). The smallest absolute Gasteiger partial charge is 0.317 e. The molecule has 0 aliphatic heterocycles. The van der Waals surface area contributed by atoms with Crippen LogP contribution in [-0.4, -0.2) is 42.2 Å². The third-order valence-corrected chi connectivity index (χ3v) is 3.86. The second-order valence-electron chi connectivity index (χ2n) is 5.54. The molecule has 1 atom stereocenters. The summed E-state index contributed by atoms with van der Waals surface area (Å²) in [7, 11) is 1.80. The van der Waals surface area contributed by atoms with E-state index in [1.165, 1.54) is 0 Å². The number of nitrogens with one attached hydrogen (secondary N) is 1. The number of hydrogen-bond donors (Lipinski definition) is 1. The van der Waals surface area contributed by atoms with Crippen molar-refractivity contribution in [2.45, 2.75) is 32.9 Å². The Hall–Kier alpha value is -2.14. The van der Waals surface area contributed by atoms with E-state index in [1.54, 1.807) is 18.1 Å². The lowest BCUT2D eigenvalue weighted by atomic mass is 10.1. The lowest BCUT2D eigenvalue weighted by molar-refractivity contribution is 0.0608. The number of pyridine rings is 1. The molecular weight excluding hydrogens is 290 g/mol. The first-order valence-electron chi connectivity index (χ1n) is 8.07. The Morgan fingerprint density at radius 1 is 1.35 bits per heavy atom. The van der Waals surface area contributed by atoms with Crippen LogP contribution in [0.5, 0.6) is 0 Å². The van der Waals surface area contributed by atoms with Crippen molar-refractivity contribution in [3.63, 3.8) is 0 Å². The zero-order valence-corrected chi connectivity index (χ0v) is 14.1. The average Bonchev–Trinajstić information content (AvgIpc) is 2.58. The molecule has 0 saturated carbocycles. The van der Waals surface area contributed by atoms with E-state index >= 15 is 0 Å². The molecule has 5 heteroatoms. The molecule has 1 aromatic heterocycles. The van der Waals surface area contributed by atoms with Gasteiger partial charge in [0.2, 0.25) is 0 Å². The molecule has 23 heavy (non-hydrogen) atoms. The number of hydrogen-bond acceptors (Lipinski definition) is 3. The average molecular weight is 315 g/mol. The highest BCUT2D eigenvalue weighted by molar-refractivity contribution is 5.85. The summed E-state index contributed by atoms with van der Waals surface area (Å²) in [5.41, 5.74) is 1.11. The van der Waals surface area contributed by atoms with Crippen molar-refractivity contribution in [1.82, 2.24) is 15.2 Å². The van der Waals surface area contributed by atoms with Crippen LogP contribution in [0.1, 0.15) is 25.8 Å². The minimum atomic E-state index is -0.0887. The van der Waals surface area contributed by atoms with Crippen molar-refractivity contribution in [1.29, 1.82) is 0 Å². The number of fused-ring (bicyclic) bond motifs is 1. The normalized spacial score (nSPS) is 12.1. The Morgan fingerprint density at radius 3 is 2.91 bits per heavy atom. The second kappa shape index (κ2) is 8.48. The number of aromatic nitrogens is 1. The van der Waals surface area contributed by atoms with E-state index in [9.17, 15) is 4.79 Å². The van der Waals surface area contributed by atoms with Crippen LogP contribution in [-0.2, 0) is 11.3 Å². The summed E-state index contributed by atoms with van der Waals surface area (Å²) in [5, 5.41) is 5.15. The topological polar surface area (TPSA) is 54.5 Å². The molecule has 0 spiro atoms. The maximum Gasteiger partial charge on any atom is 0.317 e. The molecule has 0 aliphatic carbocycles. The molecule has 124 valence electrons. The van der Waals surface area contributed by atoms with Gasteiger partial charge in [-0.25, -0.2) is 4.79 Å². The SMILES string of the molecule is CCOC(CC)CNC(=O)N(C)Cc1cccc2cnccc12. The Kier molecular flexibility index (Phi) is 6.35. The van der Waals surface area contributed by atoms with Gasteiger partial charge in [0.25, 0.3) is 0 Å². The molecule has 0 bridgehead atoms.